The Morgan fingerprint density at radius 3 is 1.04 bits per heavy atom. The summed E-state index contributed by atoms with van der Waals surface area (Å²) >= 11 is 0. The van der Waals surface area contributed by atoms with Crippen molar-refractivity contribution in [2.24, 2.45) is 0 Å². The largest absolute Gasteiger partial charge is 0.477 e. The maximum absolute atomic E-state index is 12.9. The van der Waals surface area contributed by atoms with Gasteiger partial charge in [0.25, 0.3) is 6.29 Å². The maximum atomic E-state index is 12.9. The van der Waals surface area contributed by atoms with Gasteiger partial charge in [0.15, 0.2) is 6.10 Å². The highest BCUT2D eigenvalue weighted by Crippen LogP contribution is 2.18. The molecule has 0 heterocycles. The van der Waals surface area contributed by atoms with Gasteiger partial charge in [0, 0.05) is 12.8 Å². The molecule has 448 valence electrons. The number of carboxylic acid groups (broad SMARTS) is 1. The van der Waals surface area contributed by atoms with E-state index >= 15 is 0 Å². The van der Waals surface area contributed by atoms with E-state index in [1.165, 1.54) is 257 Å². The zero-order chi connectivity index (χ0) is 55.5. The Kier molecular flexibility index (Phi) is 57.2. The lowest BCUT2D eigenvalue weighted by atomic mass is 10.0. The average molecular weight is 1080 g/mol. The summed E-state index contributed by atoms with van der Waals surface area (Å²) in [5, 5.41) is 9.73. The van der Waals surface area contributed by atoms with Crippen LogP contribution in [0.3, 0.4) is 0 Å². The molecule has 0 amide bonds. The number of aliphatic carboxylic acids is 1. The van der Waals surface area contributed by atoms with Gasteiger partial charge < -0.3 is 28.5 Å². The van der Waals surface area contributed by atoms with Crippen LogP contribution in [0.5, 0.6) is 0 Å². The van der Waals surface area contributed by atoms with Crippen molar-refractivity contribution in [1.82, 2.24) is 0 Å². The summed E-state index contributed by atoms with van der Waals surface area (Å²) in [6, 6.07) is 0. The highest BCUT2D eigenvalue weighted by atomic mass is 16.7. The number of nitrogens with zero attached hydrogens (tertiary/aromatic N) is 1. The van der Waals surface area contributed by atoms with Crippen molar-refractivity contribution >= 4 is 17.9 Å². The lowest BCUT2D eigenvalue weighted by Crippen LogP contribution is -2.40. The molecular formula is C67H128NO8+. The van der Waals surface area contributed by atoms with Crippen molar-refractivity contribution in [3.8, 4) is 0 Å². The van der Waals surface area contributed by atoms with Crippen LogP contribution < -0.4 is 0 Å². The third kappa shape index (κ3) is 59.4. The molecule has 2 atom stereocenters. The molecule has 0 aliphatic carbocycles. The van der Waals surface area contributed by atoms with E-state index in [4.69, 9.17) is 18.9 Å². The third-order valence-corrected chi connectivity index (χ3v) is 15.0. The first-order chi connectivity index (χ1) is 37.1. The van der Waals surface area contributed by atoms with Gasteiger partial charge in [-0.25, -0.2) is 4.79 Å². The molecule has 0 spiro atoms. The number of carboxylic acids is 1. The van der Waals surface area contributed by atoms with Gasteiger partial charge in [-0.2, -0.15) is 0 Å². The molecule has 9 heteroatoms. The molecule has 0 fully saturated rings. The Bertz CT molecular complexity index is 1300. The van der Waals surface area contributed by atoms with E-state index in [0.717, 1.165) is 44.9 Å². The van der Waals surface area contributed by atoms with Gasteiger partial charge in [0.05, 0.1) is 34.4 Å². The van der Waals surface area contributed by atoms with E-state index < -0.39 is 18.4 Å². The monoisotopic (exact) mass is 1070 g/mol. The third-order valence-electron chi connectivity index (χ3n) is 15.0. The number of esters is 2. The Morgan fingerprint density at radius 2 is 0.711 bits per heavy atom. The van der Waals surface area contributed by atoms with Crippen molar-refractivity contribution in [3.63, 3.8) is 0 Å². The molecule has 0 aromatic carbocycles. The number of carbonyl (C=O) groups excluding carboxylic acids is 2. The van der Waals surface area contributed by atoms with Gasteiger partial charge in [-0.1, -0.05) is 295 Å². The van der Waals surface area contributed by atoms with Gasteiger partial charge in [0.1, 0.15) is 13.2 Å². The zero-order valence-corrected chi connectivity index (χ0v) is 51.2. The van der Waals surface area contributed by atoms with E-state index in [-0.39, 0.29) is 38.2 Å². The lowest BCUT2D eigenvalue weighted by Gasteiger charge is -2.25. The minimum Gasteiger partial charge on any atom is -0.477 e. The van der Waals surface area contributed by atoms with E-state index in [1.54, 1.807) is 0 Å². The number of hydrogen-bond acceptors (Lipinski definition) is 7. The fraction of sp³-hybridized carbons (Fsp3) is 0.896. The highest BCUT2D eigenvalue weighted by Gasteiger charge is 2.25. The normalized spacial score (nSPS) is 12.8. The molecule has 76 heavy (non-hydrogen) atoms. The topological polar surface area (TPSA) is 108 Å². The quantitative estimate of drug-likeness (QED) is 0.0211. The Balaban J connectivity index is 4.12. The number of allylic oxidation sites excluding steroid dienone is 4. The molecule has 0 saturated carbocycles. The van der Waals surface area contributed by atoms with Crippen LogP contribution in [0.2, 0.25) is 0 Å². The van der Waals surface area contributed by atoms with Crippen molar-refractivity contribution in [2.45, 2.75) is 341 Å². The number of likely N-dealkylation sites (N-methyl/N-ethyl adjacent to an activating group) is 1. The summed E-state index contributed by atoms with van der Waals surface area (Å²) in [7, 11) is 5.99. The first-order valence-corrected chi connectivity index (χ1v) is 33.0. The van der Waals surface area contributed by atoms with Crippen LogP contribution in [0.4, 0.5) is 0 Å². The number of ether oxygens (including phenoxy) is 4. The van der Waals surface area contributed by atoms with Crippen LogP contribution in [0, 0.1) is 0 Å². The average Bonchev–Trinajstić information content (AvgIpc) is 3.39. The van der Waals surface area contributed by atoms with Crippen LogP contribution in [-0.2, 0) is 33.3 Å². The second-order valence-electron chi connectivity index (χ2n) is 23.8. The summed E-state index contributed by atoms with van der Waals surface area (Å²) in [5.41, 5.74) is 0. The molecule has 0 aliphatic rings. The molecule has 0 radical (unpaired) electrons. The van der Waals surface area contributed by atoms with Crippen molar-refractivity contribution < 1.29 is 42.9 Å². The van der Waals surface area contributed by atoms with Gasteiger partial charge in [-0.3, -0.25) is 9.59 Å². The fourth-order valence-electron chi connectivity index (χ4n) is 9.87. The summed E-state index contributed by atoms with van der Waals surface area (Å²) in [6.45, 7) is 4.93. The Labute approximate surface area is 471 Å². The Hall–Kier alpha value is -2.23. The molecule has 0 rings (SSSR count). The predicted octanol–water partition coefficient (Wildman–Crippen LogP) is 19.9. The molecule has 1 N–H and O–H groups in total. The lowest BCUT2D eigenvalue weighted by molar-refractivity contribution is -0.870. The van der Waals surface area contributed by atoms with E-state index in [1.807, 2.05) is 21.1 Å². The molecule has 0 aromatic rings. The summed E-state index contributed by atoms with van der Waals surface area (Å²) in [4.78, 5) is 37.5. The van der Waals surface area contributed by atoms with Crippen LogP contribution in [0.25, 0.3) is 0 Å². The van der Waals surface area contributed by atoms with Gasteiger partial charge >= 0.3 is 17.9 Å². The molecule has 0 bridgehead atoms. The number of hydrogen-bond donors (Lipinski definition) is 1. The van der Waals surface area contributed by atoms with Crippen molar-refractivity contribution in [3.05, 3.63) is 24.3 Å². The minimum absolute atomic E-state index is 0.176. The Morgan fingerprint density at radius 1 is 0.395 bits per heavy atom. The van der Waals surface area contributed by atoms with Gasteiger partial charge in [-0.05, 0) is 44.9 Å². The van der Waals surface area contributed by atoms with Crippen LogP contribution in [-0.4, -0.2) is 87.4 Å². The smallest absolute Gasteiger partial charge is 0.361 e. The fourth-order valence-corrected chi connectivity index (χ4v) is 9.87. The first kappa shape index (κ1) is 73.8. The van der Waals surface area contributed by atoms with Crippen LogP contribution in [0.1, 0.15) is 328 Å². The molecule has 0 aromatic heterocycles. The number of quaternary nitrogens is 1. The summed E-state index contributed by atoms with van der Waals surface area (Å²) in [6.07, 6.45) is 68.5. The molecule has 0 saturated heterocycles. The second-order valence-corrected chi connectivity index (χ2v) is 23.8. The number of rotatable bonds is 62. The molecular weight excluding hydrogens is 947 g/mol. The van der Waals surface area contributed by atoms with Crippen LogP contribution >= 0.6 is 0 Å². The SMILES string of the molecule is CCCCCCC/C=C\C/C=C\CCCCCCCCCCCCCCCC(=O)OC(COC(=O)CCCCCCCCCCCCCCCCCCCCCCCCCCCC)COC(OCC[N+](C)(C)C)C(=O)O. The van der Waals surface area contributed by atoms with Crippen molar-refractivity contribution in [1.29, 1.82) is 0 Å². The van der Waals surface area contributed by atoms with E-state index in [2.05, 4.69) is 38.2 Å². The maximum Gasteiger partial charge on any atom is 0.361 e. The number of carbonyl (C=O) groups is 3. The van der Waals surface area contributed by atoms with Crippen molar-refractivity contribution in [2.75, 3.05) is 47.5 Å². The molecule has 9 nitrogen and oxygen atoms in total. The summed E-state index contributed by atoms with van der Waals surface area (Å²) < 4.78 is 23.0. The first-order valence-electron chi connectivity index (χ1n) is 33.0. The minimum atomic E-state index is -1.51. The number of unbranched alkanes of at least 4 members (excludes halogenated alkanes) is 43. The van der Waals surface area contributed by atoms with Gasteiger partial charge in [0.2, 0.25) is 0 Å². The van der Waals surface area contributed by atoms with Gasteiger partial charge in [-0.15, -0.1) is 0 Å². The molecule has 2 unspecified atom stereocenters. The van der Waals surface area contributed by atoms with E-state index in [9.17, 15) is 19.5 Å². The zero-order valence-electron chi connectivity index (χ0n) is 51.2. The highest BCUT2D eigenvalue weighted by molar-refractivity contribution is 5.71. The van der Waals surface area contributed by atoms with E-state index in [0.29, 0.717) is 17.4 Å². The van der Waals surface area contributed by atoms with Crippen LogP contribution in [0.15, 0.2) is 24.3 Å². The standard InChI is InChI=1S/C67H127NO8/c1-6-8-10-12-14-16-18-20-22-24-26-28-30-32-34-35-37-39-41-43-45-47-49-51-53-55-57-64(69)74-61-63(62-75-67(66(71)72)73-60-59-68(3,4)5)76-65(70)58-56-54-52-50-48-46-44-42-40-38-36-33-31-29-27-25-23-21-19-17-15-13-11-9-7-2/h19,21,25,27,63,67H,6-18,20,22-24,26,28-62H2,1-5H3/p+1/b21-19-,27-25-. The second kappa shape index (κ2) is 58.9. The predicted molar refractivity (Wildman–Crippen MR) is 323 cm³/mol. The molecule has 0 aliphatic heterocycles. The summed E-state index contributed by atoms with van der Waals surface area (Å²) in [5.74, 6) is -1.98.